The molecule has 0 saturated carbocycles. The van der Waals surface area contributed by atoms with Gasteiger partial charge in [-0.15, -0.1) is 10.2 Å². The Bertz CT molecular complexity index is 1490. The third-order valence-corrected chi connectivity index (χ3v) is 5.51. The minimum absolute atomic E-state index is 0.154. The summed E-state index contributed by atoms with van der Waals surface area (Å²) in [7, 11) is 1.60. The fourth-order valence-corrected chi connectivity index (χ4v) is 3.78. The van der Waals surface area contributed by atoms with Crippen LogP contribution in [0.1, 0.15) is 16.8 Å². The summed E-state index contributed by atoms with van der Waals surface area (Å²) in [6.45, 7) is 2.69. The molecular weight excluding hydrogens is 428 g/mol. The molecule has 0 fully saturated rings. The number of hydrogen-bond donors (Lipinski definition) is 0. The zero-order chi connectivity index (χ0) is 22.2. The first-order chi connectivity index (χ1) is 15.5. The Balaban J connectivity index is 1.67. The number of halogens is 1. The van der Waals surface area contributed by atoms with Gasteiger partial charge >= 0.3 is 0 Å². The molecular formula is C23H19ClN6O2. The Morgan fingerprint density at radius 1 is 1.00 bits per heavy atom. The molecule has 0 bridgehead atoms. The van der Waals surface area contributed by atoms with E-state index in [1.807, 2.05) is 43.3 Å². The summed E-state index contributed by atoms with van der Waals surface area (Å²) in [5, 5.41) is 13.8. The molecule has 5 aromatic rings. The normalized spacial score (nSPS) is 11.5. The van der Waals surface area contributed by atoms with Gasteiger partial charge in [0, 0.05) is 12.1 Å². The highest BCUT2D eigenvalue weighted by atomic mass is 35.5. The van der Waals surface area contributed by atoms with Crippen molar-refractivity contribution in [3.05, 3.63) is 87.1 Å². The molecule has 0 aliphatic rings. The molecule has 0 unspecified atom stereocenters. The quantitative estimate of drug-likeness (QED) is 0.409. The lowest BCUT2D eigenvalue weighted by molar-refractivity contribution is 0.181. The molecule has 0 amide bonds. The molecule has 3 aromatic heterocycles. The zero-order valence-corrected chi connectivity index (χ0v) is 18.2. The number of nitrogens with zero attached hydrogens (tertiary/aromatic N) is 6. The van der Waals surface area contributed by atoms with Gasteiger partial charge in [-0.3, -0.25) is 9.36 Å². The highest BCUT2D eigenvalue weighted by Gasteiger charge is 2.20. The lowest BCUT2D eigenvalue weighted by atomic mass is 10.1. The van der Waals surface area contributed by atoms with E-state index in [0.717, 1.165) is 22.3 Å². The van der Waals surface area contributed by atoms with Gasteiger partial charge in [-0.1, -0.05) is 53.6 Å². The number of fused-ring (bicyclic) bond motifs is 3. The van der Waals surface area contributed by atoms with Gasteiger partial charge in [-0.25, -0.2) is 4.98 Å². The fourth-order valence-electron chi connectivity index (χ4n) is 3.66. The van der Waals surface area contributed by atoms with Gasteiger partial charge in [0.1, 0.15) is 6.33 Å². The van der Waals surface area contributed by atoms with E-state index >= 15 is 0 Å². The van der Waals surface area contributed by atoms with Crippen LogP contribution in [0.4, 0.5) is 0 Å². The van der Waals surface area contributed by atoms with E-state index < -0.39 is 0 Å². The van der Waals surface area contributed by atoms with Crippen LogP contribution in [-0.4, -0.2) is 36.5 Å². The van der Waals surface area contributed by atoms with Gasteiger partial charge in [0.25, 0.3) is 5.56 Å². The van der Waals surface area contributed by atoms with Gasteiger partial charge in [0.2, 0.25) is 0 Å². The van der Waals surface area contributed by atoms with E-state index in [9.17, 15) is 4.79 Å². The standard InChI is InChI=1S/C23H19ClN6O2/c1-14-3-5-15(6-4-14)11-29-13-25-22-20(23(29)31)26-27-21-19(16-7-9-17(24)10-8-16)18(12-32-2)28-30(21)22/h3-10,13H,11-12H2,1-2H3. The smallest absolute Gasteiger partial charge is 0.283 e. The maximum Gasteiger partial charge on any atom is 0.283 e. The summed E-state index contributed by atoms with van der Waals surface area (Å²) in [6, 6.07) is 15.4. The first kappa shape index (κ1) is 20.3. The molecule has 0 aliphatic heterocycles. The minimum Gasteiger partial charge on any atom is -0.378 e. The fraction of sp³-hybridized carbons (Fsp3) is 0.174. The number of aryl methyl sites for hydroxylation is 1. The monoisotopic (exact) mass is 446 g/mol. The van der Waals surface area contributed by atoms with E-state index in [4.69, 9.17) is 16.3 Å². The van der Waals surface area contributed by atoms with Crippen LogP contribution >= 0.6 is 11.6 Å². The molecule has 32 heavy (non-hydrogen) atoms. The molecule has 2 aromatic carbocycles. The van der Waals surface area contributed by atoms with Crippen LogP contribution in [0.3, 0.4) is 0 Å². The van der Waals surface area contributed by atoms with Crippen LogP contribution in [0.5, 0.6) is 0 Å². The van der Waals surface area contributed by atoms with Crippen molar-refractivity contribution in [2.75, 3.05) is 7.11 Å². The largest absolute Gasteiger partial charge is 0.378 e. The molecule has 9 heteroatoms. The summed E-state index contributed by atoms with van der Waals surface area (Å²) in [5.41, 5.74) is 5.19. The molecule has 0 saturated heterocycles. The van der Waals surface area contributed by atoms with E-state index in [1.54, 1.807) is 23.8 Å². The second-order valence-corrected chi connectivity index (χ2v) is 7.97. The van der Waals surface area contributed by atoms with Crippen molar-refractivity contribution in [3.8, 4) is 11.1 Å². The molecule has 3 heterocycles. The van der Waals surface area contributed by atoms with Gasteiger partial charge in [0.15, 0.2) is 16.8 Å². The van der Waals surface area contributed by atoms with Crippen LogP contribution < -0.4 is 5.56 Å². The van der Waals surface area contributed by atoms with Crippen LogP contribution in [0, 0.1) is 6.92 Å². The molecule has 0 atom stereocenters. The van der Waals surface area contributed by atoms with E-state index in [1.165, 1.54) is 10.9 Å². The van der Waals surface area contributed by atoms with Crippen molar-refractivity contribution in [1.82, 2.24) is 29.4 Å². The van der Waals surface area contributed by atoms with Crippen molar-refractivity contribution in [1.29, 1.82) is 0 Å². The van der Waals surface area contributed by atoms with Gasteiger partial charge in [-0.05, 0) is 30.2 Å². The van der Waals surface area contributed by atoms with Crippen molar-refractivity contribution in [2.24, 2.45) is 0 Å². The van der Waals surface area contributed by atoms with E-state index in [0.29, 0.717) is 28.6 Å². The van der Waals surface area contributed by atoms with Gasteiger partial charge in [0.05, 0.1) is 24.4 Å². The highest BCUT2D eigenvalue weighted by molar-refractivity contribution is 6.30. The Morgan fingerprint density at radius 2 is 1.75 bits per heavy atom. The molecule has 5 rings (SSSR count). The van der Waals surface area contributed by atoms with Crippen LogP contribution in [0.2, 0.25) is 5.02 Å². The van der Waals surface area contributed by atoms with Crippen LogP contribution in [-0.2, 0) is 17.9 Å². The van der Waals surface area contributed by atoms with Crippen molar-refractivity contribution in [3.63, 3.8) is 0 Å². The number of methoxy groups -OCH3 is 1. The molecule has 160 valence electrons. The first-order valence-electron chi connectivity index (χ1n) is 9.99. The summed E-state index contributed by atoms with van der Waals surface area (Å²) in [5.74, 6) is 0. The Morgan fingerprint density at radius 3 is 2.47 bits per heavy atom. The van der Waals surface area contributed by atoms with Crippen molar-refractivity contribution < 1.29 is 4.74 Å². The Labute approximate surface area is 188 Å². The van der Waals surface area contributed by atoms with Gasteiger partial charge < -0.3 is 4.74 Å². The van der Waals surface area contributed by atoms with Gasteiger partial charge in [-0.2, -0.15) is 9.61 Å². The average molecular weight is 447 g/mol. The number of rotatable bonds is 5. The Kier molecular flexibility index (Phi) is 5.16. The number of hydrogen-bond acceptors (Lipinski definition) is 6. The maximum atomic E-state index is 13.1. The van der Waals surface area contributed by atoms with E-state index in [-0.39, 0.29) is 17.7 Å². The average Bonchev–Trinajstić information content (AvgIpc) is 3.16. The van der Waals surface area contributed by atoms with Crippen molar-refractivity contribution >= 4 is 28.4 Å². The van der Waals surface area contributed by atoms with Crippen LogP contribution in [0.15, 0.2) is 59.7 Å². The predicted molar refractivity (Wildman–Crippen MR) is 122 cm³/mol. The summed E-state index contributed by atoms with van der Waals surface area (Å²) in [6.07, 6.45) is 1.52. The maximum absolute atomic E-state index is 13.1. The molecule has 0 radical (unpaired) electrons. The van der Waals surface area contributed by atoms with Crippen molar-refractivity contribution in [2.45, 2.75) is 20.1 Å². The predicted octanol–water partition coefficient (Wildman–Crippen LogP) is 3.66. The second kappa shape index (κ2) is 8.14. The van der Waals surface area contributed by atoms with E-state index in [2.05, 4.69) is 20.3 Å². The molecule has 0 N–H and O–H groups in total. The molecule has 0 spiro atoms. The highest BCUT2D eigenvalue weighted by Crippen LogP contribution is 2.29. The molecule has 0 aliphatic carbocycles. The Hall–Kier alpha value is -3.62. The summed E-state index contributed by atoms with van der Waals surface area (Å²) in [4.78, 5) is 17.6. The second-order valence-electron chi connectivity index (χ2n) is 7.53. The third-order valence-electron chi connectivity index (χ3n) is 5.26. The number of ether oxygens (including phenoxy) is 1. The van der Waals surface area contributed by atoms with Crippen LogP contribution in [0.25, 0.3) is 27.9 Å². The third kappa shape index (κ3) is 3.53. The SMILES string of the molecule is COCc1nn2c(nnc3c(=O)n(Cc4ccc(C)cc4)cnc32)c1-c1ccc(Cl)cc1. The zero-order valence-electron chi connectivity index (χ0n) is 17.5. The number of benzene rings is 2. The first-order valence-corrected chi connectivity index (χ1v) is 10.4. The lowest BCUT2D eigenvalue weighted by Gasteiger charge is -2.07. The lowest BCUT2D eigenvalue weighted by Crippen LogP contribution is -2.23. The minimum atomic E-state index is -0.276. The summed E-state index contributed by atoms with van der Waals surface area (Å²) >= 11 is 6.05. The summed E-state index contributed by atoms with van der Waals surface area (Å²) < 4.78 is 8.41. The number of aromatic nitrogens is 6. The molecule has 8 nitrogen and oxygen atoms in total. The topological polar surface area (TPSA) is 87.2 Å².